The average Bonchev–Trinajstić information content (AvgIpc) is 2.97. The van der Waals surface area contributed by atoms with Gasteiger partial charge in [-0.25, -0.2) is 4.98 Å². The molecule has 1 aromatic rings. The van der Waals surface area contributed by atoms with E-state index in [0.717, 1.165) is 30.3 Å². The van der Waals surface area contributed by atoms with Crippen LogP contribution in [0.2, 0.25) is 0 Å². The number of thiazole rings is 1. The van der Waals surface area contributed by atoms with Crippen molar-refractivity contribution in [1.29, 1.82) is 0 Å². The first kappa shape index (κ1) is 18.8. The molecule has 3 N–H and O–H groups in total. The number of nitrogens with zero attached hydrogens (tertiary/aromatic N) is 3. The molecule has 2 heterocycles. The maximum atomic E-state index is 12.2. The predicted octanol–water partition coefficient (Wildman–Crippen LogP) is 0.195. The molecule has 24 heavy (non-hydrogen) atoms. The average molecular weight is 353 g/mol. The number of aromatic nitrogens is 1. The molecule has 0 radical (unpaired) electrons. The Bertz CT molecular complexity index is 567. The highest BCUT2D eigenvalue weighted by Crippen LogP contribution is 2.12. The van der Waals surface area contributed by atoms with E-state index < -0.39 is 6.04 Å². The third-order valence-corrected chi connectivity index (χ3v) is 5.03. The van der Waals surface area contributed by atoms with Crippen molar-refractivity contribution in [2.75, 3.05) is 32.7 Å². The van der Waals surface area contributed by atoms with Crippen LogP contribution >= 0.6 is 11.3 Å². The van der Waals surface area contributed by atoms with Gasteiger partial charge in [0.15, 0.2) is 0 Å². The van der Waals surface area contributed by atoms with Gasteiger partial charge in [-0.3, -0.25) is 14.5 Å². The fraction of sp³-hybridized carbons (Fsp3) is 0.688. The second-order valence-corrected chi connectivity index (χ2v) is 7.56. The van der Waals surface area contributed by atoms with Crippen molar-refractivity contribution in [2.45, 2.75) is 33.4 Å². The van der Waals surface area contributed by atoms with E-state index in [2.05, 4.69) is 20.6 Å². The Morgan fingerprint density at radius 2 is 2.00 bits per heavy atom. The van der Waals surface area contributed by atoms with Gasteiger partial charge in [0.2, 0.25) is 11.8 Å². The molecule has 1 aliphatic rings. The van der Waals surface area contributed by atoms with Crippen LogP contribution in [0.15, 0.2) is 5.38 Å². The van der Waals surface area contributed by atoms with Crippen LogP contribution in [0, 0.1) is 12.8 Å². The summed E-state index contributed by atoms with van der Waals surface area (Å²) in [5, 5.41) is 5.80. The van der Waals surface area contributed by atoms with E-state index >= 15 is 0 Å². The molecule has 8 heteroatoms. The Kier molecular flexibility index (Phi) is 6.70. The standard InChI is InChI=1S/C16H27N5O2S/c1-11(2)15(17)16(23)18-8-14(22)21-6-4-20(5-7-21)9-13-10-24-12(3)19-13/h10-11,15H,4-9,17H2,1-3H3,(H,18,23)/t15-/m0/s1. The minimum atomic E-state index is -0.573. The molecule has 2 rings (SSSR count). The Balaban J connectivity index is 1.71. The third-order valence-electron chi connectivity index (χ3n) is 4.21. The second-order valence-electron chi connectivity index (χ2n) is 6.50. The van der Waals surface area contributed by atoms with Crippen LogP contribution in [-0.2, 0) is 16.1 Å². The zero-order valence-electron chi connectivity index (χ0n) is 14.6. The Morgan fingerprint density at radius 3 is 2.54 bits per heavy atom. The Hall–Kier alpha value is -1.51. The van der Waals surface area contributed by atoms with Gasteiger partial charge < -0.3 is 16.0 Å². The highest BCUT2D eigenvalue weighted by molar-refractivity contribution is 7.09. The molecule has 1 atom stereocenters. The summed E-state index contributed by atoms with van der Waals surface area (Å²) < 4.78 is 0. The lowest BCUT2D eigenvalue weighted by Gasteiger charge is -2.34. The molecular formula is C16H27N5O2S. The molecule has 0 aromatic carbocycles. The molecule has 0 unspecified atom stereocenters. The van der Waals surface area contributed by atoms with Gasteiger partial charge in [0.25, 0.3) is 0 Å². The molecule has 0 saturated carbocycles. The fourth-order valence-electron chi connectivity index (χ4n) is 2.56. The minimum Gasteiger partial charge on any atom is -0.346 e. The molecule has 1 saturated heterocycles. The monoisotopic (exact) mass is 353 g/mol. The Labute approximate surface area is 147 Å². The molecule has 2 amide bonds. The van der Waals surface area contributed by atoms with Crippen molar-refractivity contribution in [2.24, 2.45) is 11.7 Å². The first-order valence-electron chi connectivity index (χ1n) is 8.31. The van der Waals surface area contributed by atoms with Gasteiger partial charge in [0, 0.05) is 38.1 Å². The van der Waals surface area contributed by atoms with Crippen molar-refractivity contribution < 1.29 is 9.59 Å². The number of nitrogens with one attached hydrogen (secondary N) is 1. The van der Waals surface area contributed by atoms with Crippen LogP contribution < -0.4 is 11.1 Å². The van der Waals surface area contributed by atoms with E-state index in [0.29, 0.717) is 13.1 Å². The fourth-order valence-corrected chi connectivity index (χ4v) is 3.16. The number of rotatable bonds is 6. The SMILES string of the molecule is Cc1nc(CN2CCN(C(=O)CNC(=O)[C@@H](N)C(C)C)CC2)cs1. The van der Waals surface area contributed by atoms with Crippen molar-refractivity contribution in [3.8, 4) is 0 Å². The first-order valence-corrected chi connectivity index (χ1v) is 9.19. The number of amides is 2. The van der Waals surface area contributed by atoms with Crippen LogP contribution in [-0.4, -0.2) is 65.4 Å². The van der Waals surface area contributed by atoms with Crippen LogP contribution in [0.4, 0.5) is 0 Å². The lowest BCUT2D eigenvalue weighted by Crippen LogP contribution is -2.52. The van der Waals surface area contributed by atoms with Gasteiger partial charge in [-0.15, -0.1) is 11.3 Å². The summed E-state index contributed by atoms with van der Waals surface area (Å²) in [6.07, 6.45) is 0. The van der Waals surface area contributed by atoms with Gasteiger partial charge in [0.1, 0.15) is 0 Å². The number of aryl methyl sites for hydroxylation is 1. The van der Waals surface area contributed by atoms with E-state index in [-0.39, 0.29) is 24.3 Å². The lowest BCUT2D eigenvalue weighted by molar-refractivity contribution is -0.134. The van der Waals surface area contributed by atoms with Crippen molar-refractivity contribution >= 4 is 23.2 Å². The van der Waals surface area contributed by atoms with Crippen molar-refractivity contribution in [1.82, 2.24) is 20.1 Å². The van der Waals surface area contributed by atoms with Gasteiger partial charge in [0.05, 0.1) is 23.3 Å². The summed E-state index contributed by atoms with van der Waals surface area (Å²) >= 11 is 1.66. The summed E-state index contributed by atoms with van der Waals surface area (Å²) in [7, 11) is 0. The zero-order chi connectivity index (χ0) is 17.7. The number of nitrogens with two attached hydrogens (primary N) is 1. The van der Waals surface area contributed by atoms with Crippen molar-refractivity contribution in [3.05, 3.63) is 16.1 Å². The summed E-state index contributed by atoms with van der Waals surface area (Å²) in [5.74, 6) is -0.266. The predicted molar refractivity (Wildman–Crippen MR) is 94.5 cm³/mol. The summed E-state index contributed by atoms with van der Waals surface area (Å²) in [4.78, 5) is 32.6. The van der Waals surface area contributed by atoms with Crippen LogP contribution in [0.25, 0.3) is 0 Å². The number of carbonyl (C=O) groups is 2. The summed E-state index contributed by atoms with van der Waals surface area (Å²) in [6.45, 7) is 9.61. The van der Waals surface area contributed by atoms with Crippen molar-refractivity contribution in [3.63, 3.8) is 0 Å². The van der Waals surface area contributed by atoms with E-state index in [1.54, 1.807) is 16.2 Å². The van der Waals surface area contributed by atoms with Gasteiger partial charge in [-0.1, -0.05) is 13.8 Å². The molecule has 0 spiro atoms. The number of hydrogen-bond donors (Lipinski definition) is 2. The van der Waals surface area contributed by atoms with E-state index in [9.17, 15) is 9.59 Å². The summed E-state index contributed by atoms with van der Waals surface area (Å²) in [6, 6.07) is -0.573. The normalized spacial score (nSPS) is 17.1. The molecule has 134 valence electrons. The topological polar surface area (TPSA) is 91.6 Å². The highest BCUT2D eigenvalue weighted by Gasteiger charge is 2.23. The van der Waals surface area contributed by atoms with Gasteiger partial charge >= 0.3 is 0 Å². The van der Waals surface area contributed by atoms with E-state index in [4.69, 9.17) is 5.73 Å². The second kappa shape index (κ2) is 8.55. The smallest absolute Gasteiger partial charge is 0.242 e. The quantitative estimate of drug-likeness (QED) is 0.762. The number of carbonyl (C=O) groups excluding carboxylic acids is 2. The molecule has 1 aliphatic heterocycles. The van der Waals surface area contributed by atoms with Crippen LogP contribution in [0.3, 0.4) is 0 Å². The highest BCUT2D eigenvalue weighted by atomic mass is 32.1. The maximum Gasteiger partial charge on any atom is 0.242 e. The molecule has 1 aromatic heterocycles. The van der Waals surface area contributed by atoms with Gasteiger partial charge in [-0.05, 0) is 12.8 Å². The molecular weight excluding hydrogens is 326 g/mol. The lowest BCUT2D eigenvalue weighted by atomic mass is 10.1. The number of piperazine rings is 1. The van der Waals surface area contributed by atoms with Gasteiger partial charge in [-0.2, -0.15) is 0 Å². The van der Waals surface area contributed by atoms with E-state index in [1.807, 2.05) is 20.8 Å². The molecule has 0 aliphatic carbocycles. The van der Waals surface area contributed by atoms with Crippen LogP contribution in [0.5, 0.6) is 0 Å². The van der Waals surface area contributed by atoms with Crippen LogP contribution in [0.1, 0.15) is 24.5 Å². The summed E-state index contributed by atoms with van der Waals surface area (Å²) in [5.41, 5.74) is 6.86. The maximum absolute atomic E-state index is 12.2. The number of hydrogen-bond acceptors (Lipinski definition) is 6. The third kappa shape index (κ3) is 5.25. The minimum absolute atomic E-state index is 0.0184. The Morgan fingerprint density at radius 1 is 1.33 bits per heavy atom. The van der Waals surface area contributed by atoms with E-state index in [1.165, 1.54) is 0 Å². The molecule has 7 nitrogen and oxygen atoms in total. The first-order chi connectivity index (χ1) is 11.4. The largest absolute Gasteiger partial charge is 0.346 e. The molecule has 1 fully saturated rings. The molecule has 0 bridgehead atoms. The zero-order valence-corrected chi connectivity index (χ0v) is 15.4.